The van der Waals surface area contributed by atoms with E-state index in [-0.39, 0.29) is 53.8 Å². The fraction of sp³-hybridized carbons (Fsp3) is 0.882. The second-order valence-corrected chi connectivity index (χ2v) is 7.04. The van der Waals surface area contributed by atoms with Gasteiger partial charge in [0.15, 0.2) is 0 Å². The summed E-state index contributed by atoms with van der Waals surface area (Å²) in [6, 6.07) is 0. The van der Waals surface area contributed by atoms with Crippen molar-refractivity contribution in [3.8, 4) is 0 Å². The molecular weight excluding hydrogens is 298 g/mol. The molecule has 1 N–H and O–H groups in total. The molecule has 0 bridgehead atoms. The summed E-state index contributed by atoms with van der Waals surface area (Å²) in [4.78, 5) is 22.3. The van der Waals surface area contributed by atoms with Crippen molar-refractivity contribution in [2.75, 3.05) is 0 Å². The minimum absolute atomic E-state index is 0. The molecule has 1 atom stereocenters. The van der Waals surface area contributed by atoms with Crippen LogP contribution in [0.15, 0.2) is 0 Å². The van der Waals surface area contributed by atoms with Gasteiger partial charge in [-0.2, -0.15) is 0 Å². The summed E-state index contributed by atoms with van der Waals surface area (Å²) >= 11 is 0. The van der Waals surface area contributed by atoms with Crippen molar-refractivity contribution in [3.05, 3.63) is 0 Å². The maximum atomic E-state index is 11.7. The first-order valence-electron chi connectivity index (χ1n) is 8.06. The van der Waals surface area contributed by atoms with Gasteiger partial charge in [-0.25, -0.2) is 0 Å². The van der Waals surface area contributed by atoms with E-state index < -0.39 is 24.0 Å². The van der Waals surface area contributed by atoms with E-state index in [9.17, 15) is 9.59 Å². The van der Waals surface area contributed by atoms with Crippen LogP contribution in [0.5, 0.6) is 0 Å². The third kappa shape index (κ3) is 12.5. The Kier molecular flexibility index (Phi) is 17.0. The molecule has 0 spiro atoms. The summed E-state index contributed by atoms with van der Waals surface area (Å²) in [6.07, 6.45) is 7.28. The van der Waals surface area contributed by atoms with Crippen molar-refractivity contribution < 1.29 is 19.4 Å². The normalized spacial score (nSPS) is 13.3. The molecule has 0 aromatic rings. The molecule has 4 nitrogen and oxygen atoms in total. The van der Waals surface area contributed by atoms with Crippen LogP contribution in [0.3, 0.4) is 0 Å². The van der Waals surface area contributed by atoms with Gasteiger partial charge in [-0.3, -0.25) is 9.59 Å². The van der Waals surface area contributed by atoms with Crippen LogP contribution in [-0.2, 0) is 14.3 Å². The van der Waals surface area contributed by atoms with Crippen LogP contribution in [-0.4, -0.2) is 71.1 Å². The van der Waals surface area contributed by atoms with E-state index in [1.807, 2.05) is 27.7 Å². The van der Waals surface area contributed by atoms with E-state index in [1.165, 1.54) is 25.7 Å². The average Bonchev–Trinajstić information content (AvgIpc) is 2.31. The van der Waals surface area contributed by atoms with Crippen molar-refractivity contribution in [1.82, 2.24) is 0 Å². The van der Waals surface area contributed by atoms with E-state index in [2.05, 4.69) is 6.92 Å². The topological polar surface area (TPSA) is 63.6 Å². The molecule has 0 rings (SSSR count). The molecule has 0 aliphatic heterocycles. The summed E-state index contributed by atoms with van der Waals surface area (Å²) in [5, 5.41) is 8.68. The number of aliphatic carboxylic acids is 1. The van der Waals surface area contributed by atoms with Crippen molar-refractivity contribution in [1.29, 1.82) is 0 Å². The van der Waals surface area contributed by atoms with Crippen LogP contribution in [0.4, 0.5) is 0 Å². The van der Waals surface area contributed by atoms with Crippen LogP contribution in [0, 0.1) is 5.41 Å². The molecule has 128 valence electrons. The van der Waals surface area contributed by atoms with Gasteiger partial charge in [0.1, 0.15) is 12.0 Å². The number of hydrogen-bond donors (Lipinski definition) is 1. The molecule has 0 heterocycles. The van der Waals surface area contributed by atoms with Gasteiger partial charge in [0, 0.05) is 5.41 Å². The molecule has 0 aliphatic carbocycles. The van der Waals surface area contributed by atoms with Crippen molar-refractivity contribution in [3.63, 3.8) is 0 Å². The van der Waals surface area contributed by atoms with E-state index in [0.29, 0.717) is 0 Å². The summed E-state index contributed by atoms with van der Waals surface area (Å²) in [5.74, 6) is -1.79. The quantitative estimate of drug-likeness (QED) is 0.289. The third-order valence-corrected chi connectivity index (χ3v) is 4.23. The molecule has 23 heavy (non-hydrogen) atoms. The summed E-state index contributed by atoms with van der Waals surface area (Å²) < 4.78 is 5.52. The fourth-order valence-corrected chi connectivity index (χ4v) is 2.23. The number of unbranched alkanes of at least 4 members (excludes halogenated alkanes) is 5. The van der Waals surface area contributed by atoms with Gasteiger partial charge in [0.2, 0.25) is 0 Å². The molecule has 0 saturated heterocycles. The second-order valence-electron chi connectivity index (χ2n) is 7.04. The maximum absolute atomic E-state index is 11.7. The van der Waals surface area contributed by atoms with E-state index in [4.69, 9.17) is 9.84 Å². The fourth-order valence-electron chi connectivity index (χ4n) is 2.23. The van der Waals surface area contributed by atoms with E-state index in [0.717, 1.165) is 19.3 Å². The molecule has 0 fully saturated rings. The zero-order valence-electron chi connectivity index (χ0n) is 14.3. The molecule has 0 aliphatic rings. The molecule has 0 saturated carbocycles. The molecular formula is C17H34LiNaO4. The van der Waals surface area contributed by atoms with Gasteiger partial charge in [-0.05, 0) is 19.8 Å². The van der Waals surface area contributed by atoms with E-state index >= 15 is 0 Å². The summed E-state index contributed by atoms with van der Waals surface area (Å²) in [5.41, 5.74) is -0.838. The average molecular weight is 332 g/mol. The zero-order chi connectivity index (χ0) is 16.5. The zero-order valence-corrected chi connectivity index (χ0v) is 14.3. The number of carbonyl (C=O) groups excluding carboxylic acids is 1. The number of esters is 1. The minimum atomic E-state index is -1.14. The SMILES string of the molecule is CCCCCCCCC(C)(OC(=O)CC(=O)O)C(C)(C)C.[LiH].[NaH]. The van der Waals surface area contributed by atoms with Gasteiger partial charge in [-0.1, -0.05) is 59.8 Å². The summed E-state index contributed by atoms with van der Waals surface area (Å²) in [6.45, 7) is 10.2. The van der Waals surface area contributed by atoms with Gasteiger partial charge in [0.05, 0.1) is 0 Å². The Labute approximate surface area is 176 Å². The van der Waals surface area contributed by atoms with Crippen molar-refractivity contribution >= 4 is 60.4 Å². The number of hydrogen-bond acceptors (Lipinski definition) is 3. The Morgan fingerprint density at radius 3 is 1.87 bits per heavy atom. The molecule has 0 aromatic carbocycles. The monoisotopic (exact) mass is 332 g/mol. The van der Waals surface area contributed by atoms with Crippen LogP contribution in [0.25, 0.3) is 0 Å². The van der Waals surface area contributed by atoms with Crippen molar-refractivity contribution in [2.45, 2.75) is 91.6 Å². The molecule has 0 aromatic heterocycles. The van der Waals surface area contributed by atoms with Crippen LogP contribution < -0.4 is 0 Å². The Bertz CT molecular complexity index is 342. The molecule has 0 radical (unpaired) electrons. The standard InChI is InChI=1S/C17H32O4.Li.Na.2H/c1-6-7-8-9-10-11-12-17(5,16(2,3)4)21-15(20)13-14(18)19;;;;/h6-13H2,1-5H3,(H,18,19);;;;. The second kappa shape index (κ2) is 13.8. The molecule has 6 heteroatoms. The van der Waals surface area contributed by atoms with Gasteiger partial charge >= 0.3 is 60.4 Å². The predicted molar refractivity (Wildman–Crippen MR) is 98.5 cm³/mol. The van der Waals surface area contributed by atoms with Gasteiger partial charge in [0.25, 0.3) is 0 Å². The predicted octanol–water partition coefficient (Wildman–Crippen LogP) is 3.26. The number of carboxylic acid groups (broad SMARTS) is 1. The molecule has 0 amide bonds. The van der Waals surface area contributed by atoms with Crippen LogP contribution in [0.2, 0.25) is 0 Å². The number of carboxylic acids is 1. The summed E-state index contributed by atoms with van der Waals surface area (Å²) in [7, 11) is 0. The number of carbonyl (C=O) groups is 2. The first-order valence-corrected chi connectivity index (χ1v) is 8.06. The molecule has 1 unspecified atom stereocenters. The Morgan fingerprint density at radius 1 is 0.957 bits per heavy atom. The van der Waals surface area contributed by atoms with Gasteiger partial charge < -0.3 is 9.84 Å². The van der Waals surface area contributed by atoms with Crippen LogP contribution in [0.1, 0.15) is 86.0 Å². The van der Waals surface area contributed by atoms with Crippen LogP contribution >= 0.6 is 0 Å². The number of rotatable bonds is 10. The first-order chi connectivity index (χ1) is 9.62. The van der Waals surface area contributed by atoms with Gasteiger partial charge in [-0.15, -0.1) is 0 Å². The first kappa shape index (κ1) is 28.3. The third-order valence-electron chi connectivity index (χ3n) is 4.23. The Balaban J connectivity index is -0.00000200. The number of ether oxygens (including phenoxy) is 1. The Morgan fingerprint density at radius 2 is 1.43 bits per heavy atom. The van der Waals surface area contributed by atoms with Crippen molar-refractivity contribution in [2.24, 2.45) is 5.41 Å². The van der Waals surface area contributed by atoms with E-state index in [1.54, 1.807) is 0 Å². The Hall–Kier alpha value is 0.537.